The van der Waals surface area contributed by atoms with E-state index < -0.39 is 83.7 Å². The predicted molar refractivity (Wildman–Crippen MR) is 251 cm³/mol. The number of guanidine groups is 2. The van der Waals surface area contributed by atoms with E-state index in [1.165, 1.54) is 25.0 Å². The highest BCUT2D eigenvalue weighted by atomic mass is 32.1. The van der Waals surface area contributed by atoms with E-state index in [2.05, 4.69) is 74.5 Å². The smallest absolute Gasteiger partial charge is 0.327 e. The summed E-state index contributed by atoms with van der Waals surface area (Å²) in [6.45, 7) is 0.893. The van der Waals surface area contributed by atoms with Crippen molar-refractivity contribution in [3.05, 3.63) is 36.4 Å². The highest BCUT2D eigenvalue weighted by Gasteiger charge is 2.34. The average molecular weight is 964 g/mol. The number of carbonyl (C=O) groups is 7. The summed E-state index contributed by atoms with van der Waals surface area (Å²) in [5.41, 5.74) is 40.2. The molecule has 67 heavy (non-hydrogen) atoms. The Labute approximate surface area is 393 Å². The number of H-pyrrole nitrogens is 2. The fraction of sp³-hybridized carbons (Fsp3) is 0.615. The molecule has 7 atom stereocenters. The minimum absolute atomic E-state index is 0.0475. The standard InChI is InChI=1S/C39H69N19O8S/c40-11-3-1-8-25(53-31(59)24(42)7-5-13-49-38(43)44)33(61)56-28(15-22-17-47-20-51-22)35(63)55-27(10-6-14-50-39(45)46)32(60)54-26(9-2-4-12-41)34(62)57-29(16-23-18-48-21-52-23)36(64)58-30(19-67)37(65)66/h17-18,20-21,24-30,67H,1-16,19,40-42H2,(H,47,51)(H,48,52)(H,53,59)(H,54,60)(H,55,63)(H,56,61)(H,57,62)(H,58,64)(H,65,66)(H4,43,44,49)(H4,45,46,50)/t24-,25-,26-,27-,28-,29-,30-/m0/s1. The van der Waals surface area contributed by atoms with Crippen molar-refractivity contribution in [3.63, 3.8) is 0 Å². The second kappa shape index (κ2) is 31.4. The molecule has 28 heteroatoms. The van der Waals surface area contributed by atoms with Crippen molar-refractivity contribution in [3.8, 4) is 0 Å². The maximum atomic E-state index is 14.3. The van der Waals surface area contributed by atoms with Crippen LogP contribution in [0.3, 0.4) is 0 Å². The summed E-state index contributed by atoms with van der Waals surface area (Å²) in [4.78, 5) is 116. The van der Waals surface area contributed by atoms with Gasteiger partial charge >= 0.3 is 5.97 Å². The number of nitrogens with zero attached hydrogens (tertiary/aromatic N) is 4. The highest BCUT2D eigenvalue weighted by molar-refractivity contribution is 7.80. The van der Waals surface area contributed by atoms with E-state index >= 15 is 0 Å². The molecule has 2 rings (SSSR count). The number of aromatic nitrogens is 4. The Kier molecular flexibility index (Phi) is 26.5. The maximum absolute atomic E-state index is 14.3. The van der Waals surface area contributed by atoms with Gasteiger partial charge in [-0.25, -0.2) is 14.8 Å². The van der Waals surface area contributed by atoms with Gasteiger partial charge < -0.3 is 87.1 Å². The molecule has 2 heterocycles. The van der Waals surface area contributed by atoms with E-state index in [4.69, 9.17) is 40.1 Å². The summed E-state index contributed by atoms with van der Waals surface area (Å²) >= 11 is 4.00. The molecule has 0 bridgehead atoms. The first-order valence-corrected chi connectivity index (χ1v) is 22.5. The highest BCUT2D eigenvalue weighted by Crippen LogP contribution is 2.10. The first kappa shape index (κ1) is 56.6. The van der Waals surface area contributed by atoms with E-state index in [-0.39, 0.29) is 82.3 Å². The summed E-state index contributed by atoms with van der Waals surface area (Å²) < 4.78 is 0. The lowest BCUT2D eigenvalue weighted by Gasteiger charge is -2.27. The van der Waals surface area contributed by atoms with Gasteiger partial charge in [-0.2, -0.15) is 12.6 Å². The van der Waals surface area contributed by atoms with Gasteiger partial charge in [0.2, 0.25) is 35.4 Å². The molecule has 0 aliphatic heterocycles. The van der Waals surface area contributed by atoms with Crippen LogP contribution in [0, 0.1) is 0 Å². The van der Waals surface area contributed by atoms with Gasteiger partial charge in [0.1, 0.15) is 36.3 Å². The van der Waals surface area contributed by atoms with Gasteiger partial charge in [-0.15, -0.1) is 0 Å². The number of hydrogen-bond donors (Lipinski definition) is 17. The number of aliphatic carboxylic acids is 1. The molecule has 0 fully saturated rings. The number of aromatic amines is 2. The fourth-order valence-corrected chi connectivity index (χ4v) is 6.67. The average Bonchev–Trinajstić information content (AvgIpc) is 4.01. The van der Waals surface area contributed by atoms with Crippen LogP contribution in [0.5, 0.6) is 0 Å². The van der Waals surface area contributed by atoms with Crippen LogP contribution in [-0.4, -0.2) is 153 Å². The van der Waals surface area contributed by atoms with Crippen LogP contribution in [-0.2, 0) is 46.4 Å². The lowest BCUT2D eigenvalue weighted by Crippen LogP contribution is -2.60. The van der Waals surface area contributed by atoms with Crippen molar-refractivity contribution in [1.82, 2.24) is 51.8 Å². The minimum atomic E-state index is -1.37. The summed E-state index contributed by atoms with van der Waals surface area (Å²) in [6, 6.07) is -8.84. The Hall–Kier alpha value is -6.52. The second-order valence-corrected chi connectivity index (χ2v) is 15.9. The number of aliphatic imine (C=N–C) groups is 2. The zero-order valence-corrected chi connectivity index (χ0v) is 38.3. The van der Waals surface area contributed by atoms with Crippen LogP contribution in [0.1, 0.15) is 75.6 Å². The molecule has 374 valence electrons. The summed E-state index contributed by atoms with van der Waals surface area (Å²) in [5.74, 6) is -6.50. The molecule has 0 aliphatic carbocycles. The summed E-state index contributed by atoms with van der Waals surface area (Å²) in [5, 5.41) is 25.3. The SMILES string of the molecule is NCCCC[C@H](NC(=O)[C@H](CCCN=C(N)N)NC(=O)[C@H](Cc1cnc[nH]1)NC(=O)[C@H](CCCCN)NC(=O)[C@@H](N)CCCN=C(N)N)C(=O)N[C@@H](Cc1cnc[nH]1)C(=O)N[C@@H](CS)C(=O)O. The number of amides is 6. The number of carboxylic acids is 1. The largest absolute Gasteiger partial charge is 0.480 e. The molecule has 0 radical (unpaired) electrons. The molecule has 0 spiro atoms. The molecule has 0 saturated heterocycles. The van der Waals surface area contributed by atoms with Crippen LogP contribution >= 0.6 is 12.6 Å². The van der Waals surface area contributed by atoms with Crippen molar-refractivity contribution in [2.45, 2.75) is 119 Å². The number of imidazole rings is 2. The molecular weight excluding hydrogens is 895 g/mol. The Bertz CT molecular complexity index is 1890. The fourth-order valence-electron chi connectivity index (χ4n) is 6.42. The number of unbranched alkanes of at least 4 members (excludes halogenated alkanes) is 2. The molecule has 27 nitrogen and oxygen atoms in total. The Balaban J connectivity index is 2.43. The van der Waals surface area contributed by atoms with Gasteiger partial charge in [0.15, 0.2) is 11.9 Å². The topological polar surface area (TPSA) is 476 Å². The monoisotopic (exact) mass is 964 g/mol. The molecular formula is C39H69N19O8S. The third-order valence-electron chi connectivity index (χ3n) is 10.1. The molecule has 2 aromatic heterocycles. The van der Waals surface area contributed by atoms with Gasteiger partial charge in [0.25, 0.3) is 0 Å². The number of nitrogens with one attached hydrogen (secondary N) is 8. The molecule has 6 amide bonds. The van der Waals surface area contributed by atoms with E-state index in [0.29, 0.717) is 50.0 Å². The number of thiol groups is 1. The lowest BCUT2D eigenvalue weighted by atomic mass is 10.0. The van der Waals surface area contributed by atoms with Crippen molar-refractivity contribution >= 4 is 66.0 Å². The van der Waals surface area contributed by atoms with Gasteiger partial charge in [0.05, 0.1) is 18.7 Å². The van der Waals surface area contributed by atoms with Crippen molar-refractivity contribution in [2.75, 3.05) is 31.9 Å². The number of carboxylic acid groups (broad SMARTS) is 1. The maximum Gasteiger partial charge on any atom is 0.327 e. The number of rotatable bonds is 34. The van der Waals surface area contributed by atoms with E-state index in [1.807, 2.05) is 0 Å². The number of hydrogen-bond acceptors (Lipinski definition) is 15. The lowest BCUT2D eigenvalue weighted by molar-refractivity contribution is -0.141. The molecule has 0 unspecified atom stereocenters. The predicted octanol–water partition coefficient (Wildman–Crippen LogP) is -5.47. The van der Waals surface area contributed by atoms with Crippen LogP contribution in [0.25, 0.3) is 0 Å². The first-order chi connectivity index (χ1) is 32.0. The first-order valence-electron chi connectivity index (χ1n) is 21.9. The third-order valence-corrected chi connectivity index (χ3v) is 10.4. The Morgan fingerprint density at radius 3 is 1.27 bits per heavy atom. The van der Waals surface area contributed by atoms with E-state index in [0.717, 1.165) is 0 Å². The van der Waals surface area contributed by atoms with E-state index in [9.17, 15) is 38.7 Å². The van der Waals surface area contributed by atoms with Gasteiger partial charge in [-0.1, -0.05) is 0 Å². The van der Waals surface area contributed by atoms with Gasteiger partial charge in [0, 0.05) is 55.5 Å². The van der Waals surface area contributed by atoms with Crippen molar-refractivity contribution < 1.29 is 38.7 Å². The zero-order chi connectivity index (χ0) is 49.7. The third kappa shape index (κ3) is 22.5. The molecule has 2 aromatic rings. The van der Waals surface area contributed by atoms with Crippen molar-refractivity contribution in [1.29, 1.82) is 0 Å². The molecule has 23 N–H and O–H groups in total. The quantitative estimate of drug-likeness (QED) is 0.0135. The summed E-state index contributed by atoms with van der Waals surface area (Å²) in [7, 11) is 0. The Morgan fingerprint density at radius 1 is 0.552 bits per heavy atom. The van der Waals surface area contributed by atoms with Crippen LogP contribution in [0.2, 0.25) is 0 Å². The number of nitrogens with two attached hydrogens (primary N) is 7. The zero-order valence-electron chi connectivity index (χ0n) is 37.5. The van der Waals surface area contributed by atoms with Crippen LogP contribution in [0.4, 0.5) is 0 Å². The number of carbonyl (C=O) groups excluding carboxylic acids is 6. The Morgan fingerprint density at radius 2 is 0.910 bits per heavy atom. The van der Waals surface area contributed by atoms with Crippen molar-refractivity contribution in [2.24, 2.45) is 50.1 Å². The summed E-state index contributed by atoms with van der Waals surface area (Å²) in [6.07, 6.45) is 8.04. The molecule has 0 aromatic carbocycles. The van der Waals surface area contributed by atoms with E-state index in [1.54, 1.807) is 0 Å². The van der Waals surface area contributed by atoms with Gasteiger partial charge in [-0.05, 0) is 77.3 Å². The molecule has 0 saturated carbocycles. The normalized spacial score (nSPS) is 14.1. The molecule has 0 aliphatic rings. The van der Waals surface area contributed by atoms with Crippen LogP contribution < -0.4 is 72.0 Å². The minimum Gasteiger partial charge on any atom is -0.480 e. The van der Waals surface area contributed by atoms with Gasteiger partial charge in [-0.3, -0.25) is 38.8 Å². The van der Waals surface area contributed by atoms with Crippen LogP contribution in [0.15, 0.2) is 35.0 Å². The second-order valence-electron chi connectivity index (χ2n) is 15.5.